The van der Waals surface area contributed by atoms with Crippen LogP contribution in [0.5, 0.6) is 23.0 Å². The molecule has 4 amide bonds. The van der Waals surface area contributed by atoms with Crippen molar-refractivity contribution in [2.45, 2.75) is 0 Å². The normalized spacial score (nSPS) is 14.2. The van der Waals surface area contributed by atoms with E-state index < -0.39 is 30.8 Å². The van der Waals surface area contributed by atoms with Crippen molar-refractivity contribution < 1.29 is 33.2 Å². The highest BCUT2D eigenvalue weighted by Gasteiger charge is 2.30. The van der Waals surface area contributed by atoms with Gasteiger partial charge in [-0.15, -0.1) is 0 Å². The fourth-order valence-corrected chi connectivity index (χ4v) is 8.11. The van der Waals surface area contributed by atoms with Crippen LogP contribution in [0, 0.1) is 0 Å². The van der Waals surface area contributed by atoms with Crippen LogP contribution in [0.1, 0.15) is 0 Å². The highest BCUT2D eigenvalue weighted by Crippen LogP contribution is 2.43. The zero-order chi connectivity index (χ0) is 33.3. The molecule has 2 heterocycles. The minimum Gasteiger partial charge on any atom is -0.457 e. The number of imide groups is 2. The van der Waals surface area contributed by atoms with Gasteiger partial charge in [0, 0.05) is 52.4 Å². The van der Waals surface area contributed by atoms with E-state index >= 15 is 4.57 Å². The molecule has 2 aliphatic rings. The minimum absolute atomic E-state index is 0.395. The zero-order valence-corrected chi connectivity index (χ0v) is 26.0. The standard InChI is InChI=1S/C38H25N2O7P/c41-35-20-21-36(42)39(35)26-6-4-8-30(24-26)46-28-12-16-33(17-13-28)48(45,32-10-2-1-3-11-32)34-18-14-29(15-19-34)47-31-9-5-7-27(25-31)40-37(43)22-23-38(40)44/h1-25H. The van der Waals surface area contributed by atoms with Gasteiger partial charge in [-0.1, -0.05) is 42.5 Å². The Labute approximate surface area is 275 Å². The predicted octanol–water partition coefficient (Wildman–Crippen LogP) is 5.77. The lowest BCUT2D eigenvalue weighted by Gasteiger charge is -2.21. The molecule has 2 aliphatic heterocycles. The van der Waals surface area contributed by atoms with Crippen molar-refractivity contribution in [3.8, 4) is 23.0 Å². The maximum absolute atomic E-state index is 15.0. The van der Waals surface area contributed by atoms with E-state index in [-0.39, 0.29) is 0 Å². The predicted molar refractivity (Wildman–Crippen MR) is 182 cm³/mol. The Bertz CT molecular complexity index is 2020. The Hall–Kier alpha value is -6.31. The Kier molecular flexibility index (Phi) is 7.89. The topological polar surface area (TPSA) is 110 Å². The van der Waals surface area contributed by atoms with Gasteiger partial charge in [-0.2, -0.15) is 0 Å². The summed E-state index contributed by atoms with van der Waals surface area (Å²) in [5, 5.41) is 1.82. The first-order chi connectivity index (χ1) is 23.3. The van der Waals surface area contributed by atoms with Gasteiger partial charge in [0.25, 0.3) is 23.6 Å². The van der Waals surface area contributed by atoms with Crippen LogP contribution in [-0.4, -0.2) is 23.6 Å². The van der Waals surface area contributed by atoms with Gasteiger partial charge in [0.05, 0.1) is 11.4 Å². The Morgan fingerprint density at radius 2 is 0.771 bits per heavy atom. The van der Waals surface area contributed by atoms with Crippen LogP contribution in [0.3, 0.4) is 0 Å². The molecule has 0 fully saturated rings. The van der Waals surface area contributed by atoms with Gasteiger partial charge in [0.15, 0.2) is 7.14 Å². The van der Waals surface area contributed by atoms with Gasteiger partial charge in [-0.25, -0.2) is 9.80 Å². The molecule has 0 spiro atoms. The largest absolute Gasteiger partial charge is 0.457 e. The lowest BCUT2D eigenvalue weighted by Crippen LogP contribution is -2.29. The SMILES string of the molecule is O=C1C=CC(=O)N1c1cccc(Oc2ccc(P(=O)(c3ccccc3)c3ccc(Oc4cccc(N5C(=O)C=CC5=O)c4)cc3)cc2)c1. The molecule has 5 aromatic rings. The first kappa shape index (κ1) is 30.3. The Morgan fingerprint density at radius 3 is 1.17 bits per heavy atom. The Balaban J connectivity index is 1.13. The summed E-state index contributed by atoms with van der Waals surface area (Å²) >= 11 is 0. The molecule has 7 rings (SSSR count). The molecule has 0 saturated carbocycles. The summed E-state index contributed by atoms with van der Waals surface area (Å²) in [6, 6.07) is 36.5. The number of anilines is 2. The molecule has 10 heteroatoms. The quantitative estimate of drug-likeness (QED) is 0.147. The monoisotopic (exact) mass is 652 g/mol. The fourth-order valence-electron chi connectivity index (χ4n) is 5.49. The molecule has 5 aromatic carbocycles. The van der Waals surface area contributed by atoms with Crippen molar-refractivity contribution in [2.75, 3.05) is 9.80 Å². The smallest absolute Gasteiger partial charge is 0.258 e. The van der Waals surface area contributed by atoms with Gasteiger partial charge in [-0.05, 0) is 72.8 Å². The second-order valence-corrected chi connectivity index (χ2v) is 13.6. The molecule has 0 atom stereocenters. The van der Waals surface area contributed by atoms with E-state index in [2.05, 4.69) is 0 Å². The minimum atomic E-state index is -3.34. The molecule has 0 unspecified atom stereocenters. The van der Waals surface area contributed by atoms with Crippen molar-refractivity contribution in [3.05, 3.63) is 152 Å². The Morgan fingerprint density at radius 1 is 0.396 bits per heavy atom. The molecule has 9 nitrogen and oxygen atoms in total. The first-order valence-electron chi connectivity index (χ1n) is 14.8. The van der Waals surface area contributed by atoms with E-state index in [1.807, 2.05) is 30.3 Å². The third-order valence-corrected chi connectivity index (χ3v) is 10.8. The summed E-state index contributed by atoms with van der Waals surface area (Å²) in [4.78, 5) is 50.6. The van der Waals surface area contributed by atoms with Gasteiger partial charge < -0.3 is 14.0 Å². The molecular weight excluding hydrogens is 627 g/mol. The van der Waals surface area contributed by atoms with Crippen LogP contribution in [0.2, 0.25) is 0 Å². The summed E-state index contributed by atoms with van der Waals surface area (Å²) in [6.07, 6.45) is 4.89. The average molecular weight is 653 g/mol. The molecular formula is C38H25N2O7P. The highest BCUT2D eigenvalue weighted by atomic mass is 31.2. The number of hydrogen-bond acceptors (Lipinski definition) is 7. The van der Waals surface area contributed by atoms with E-state index in [9.17, 15) is 19.2 Å². The third kappa shape index (κ3) is 5.75. The van der Waals surface area contributed by atoms with Gasteiger partial charge in [0.2, 0.25) is 0 Å². The van der Waals surface area contributed by atoms with E-state index in [4.69, 9.17) is 9.47 Å². The molecule has 48 heavy (non-hydrogen) atoms. The van der Waals surface area contributed by atoms with Crippen molar-refractivity contribution in [2.24, 2.45) is 0 Å². The number of carbonyl (C=O) groups is 4. The fraction of sp³-hybridized carbons (Fsp3) is 0. The second kappa shape index (κ2) is 12.5. The summed E-state index contributed by atoms with van der Waals surface area (Å²) < 4.78 is 27.1. The highest BCUT2D eigenvalue weighted by molar-refractivity contribution is 7.85. The molecule has 0 N–H and O–H groups in total. The number of rotatable bonds is 9. The maximum atomic E-state index is 15.0. The van der Waals surface area contributed by atoms with Crippen LogP contribution >= 0.6 is 7.14 Å². The van der Waals surface area contributed by atoms with Crippen molar-refractivity contribution in [1.82, 2.24) is 0 Å². The number of amides is 4. The number of ether oxygens (including phenoxy) is 2. The summed E-state index contributed by atoms with van der Waals surface area (Å²) in [6.45, 7) is 0. The number of carbonyl (C=O) groups excluding carboxylic acids is 4. The van der Waals surface area contributed by atoms with Crippen LogP contribution in [0.4, 0.5) is 11.4 Å². The van der Waals surface area contributed by atoms with Crippen molar-refractivity contribution in [1.29, 1.82) is 0 Å². The average Bonchev–Trinajstić information content (AvgIpc) is 3.63. The van der Waals surface area contributed by atoms with Crippen LogP contribution in [0.15, 0.2) is 152 Å². The summed E-state index contributed by atoms with van der Waals surface area (Å²) in [5.41, 5.74) is 0.791. The molecule has 0 saturated heterocycles. The second-order valence-electron chi connectivity index (χ2n) is 10.8. The van der Waals surface area contributed by atoms with Crippen molar-refractivity contribution >= 4 is 58.1 Å². The first-order valence-corrected chi connectivity index (χ1v) is 16.6. The van der Waals surface area contributed by atoms with Gasteiger partial charge >= 0.3 is 0 Å². The van der Waals surface area contributed by atoms with Crippen LogP contribution in [0.25, 0.3) is 0 Å². The lowest BCUT2D eigenvalue weighted by molar-refractivity contribution is -0.121. The van der Waals surface area contributed by atoms with E-state index in [1.165, 1.54) is 24.3 Å². The van der Waals surface area contributed by atoms with Gasteiger partial charge in [0.1, 0.15) is 23.0 Å². The molecule has 0 radical (unpaired) electrons. The van der Waals surface area contributed by atoms with E-state index in [0.29, 0.717) is 50.3 Å². The molecule has 0 bridgehead atoms. The molecule has 234 valence electrons. The summed E-state index contributed by atoms with van der Waals surface area (Å²) in [7, 11) is -3.34. The zero-order valence-electron chi connectivity index (χ0n) is 25.1. The molecule has 0 aliphatic carbocycles. The van der Waals surface area contributed by atoms with Crippen LogP contribution < -0.4 is 35.2 Å². The van der Waals surface area contributed by atoms with Crippen LogP contribution in [-0.2, 0) is 23.7 Å². The van der Waals surface area contributed by atoms with E-state index in [0.717, 1.165) is 9.80 Å². The van der Waals surface area contributed by atoms with Gasteiger partial charge in [-0.3, -0.25) is 19.2 Å². The van der Waals surface area contributed by atoms with Crippen molar-refractivity contribution in [3.63, 3.8) is 0 Å². The number of hydrogen-bond donors (Lipinski definition) is 0. The van der Waals surface area contributed by atoms with E-state index in [1.54, 1.807) is 97.1 Å². The third-order valence-electron chi connectivity index (χ3n) is 7.76. The lowest BCUT2D eigenvalue weighted by atomic mass is 10.2. The number of nitrogens with zero attached hydrogens (tertiary/aromatic N) is 2. The summed E-state index contributed by atoms with van der Waals surface area (Å²) in [5.74, 6) is 0.134. The molecule has 0 aromatic heterocycles. The maximum Gasteiger partial charge on any atom is 0.258 e. The number of benzene rings is 5.